The smallest absolute Gasteiger partial charge is 0.408 e. The molecule has 1 amide bonds. The Labute approximate surface area is 213 Å². The molecule has 35 heavy (non-hydrogen) atoms. The lowest BCUT2D eigenvalue weighted by Gasteiger charge is -2.45. The van der Waals surface area contributed by atoms with Crippen LogP contribution in [-0.2, 0) is 16.5 Å². The van der Waals surface area contributed by atoms with Gasteiger partial charge in [-0.3, -0.25) is 9.36 Å². The van der Waals surface area contributed by atoms with E-state index in [0.717, 1.165) is 44.9 Å². The van der Waals surface area contributed by atoms with Gasteiger partial charge in [0, 0.05) is 31.3 Å². The number of rotatable bonds is 3. The molecule has 5 rings (SSSR count). The first kappa shape index (κ1) is 24.5. The molecular formula is C24H35BrN6O4. The first-order valence-electron chi connectivity index (χ1n) is 12.5. The lowest BCUT2D eigenvalue weighted by atomic mass is 9.84. The minimum absolute atomic E-state index is 0.126. The lowest BCUT2D eigenvalue weighted by Crippen LogP contribution is -2.59. The Morgan fingerprint density at radius 3 is 2.49 bits per heavy atom. The maximum Gasteiger partial charge on any atom is 0.408 e. The molecule has 3 saturated heterocycles. The Balaban J connectivity index is 1.47. The van der Waals surface area contributed by atoms with Crippen molar-refractivity contribution >= 4 is 39.0 Å². The number of carbonyl (C=O) groups excluding carboxylic acids is 1. The quantitative estimate of drug-likeness (QED) is 0.615. The first-order valence-corrected chi connectivity index (χ1v) is 13.3. The molecule has 2 aromatic rings. The van der Waals surface area contributed by atoms with E-state index in [-0.39, 0.29) is 35.5 Å². The number of fused-ring (bicyclic) bond motifs is 3. The summed E-state index contributed by atoms with van der Waals surface area (Å²) in [4.78, 5) is 33.3. The summed E-state index contributed by atoms with van der Waals surface area (Å²) < 4.78 is 15.4. The van der Waals surface area contributed by atoms with Crippen LogP contribution in [0.1, 0.15) is 78.9 Å². The molecule has 10 nitrogen and oxygen atoms in total. The minimum Gasteiger partial charge on any atom is -0.444 e. The fraction of sp³-hybridized carbons (Fsp3) is 0.750. The van der Waals surface area contributed by atoms with E-state index < -0.39 is 5.60 Å². The molecule has 2 aromatic heterocycles. The number of aromatic nitrogens is 4. The average Bonchev–Trinajstić information content (AvgIpc) is 3.24. The zero-order valence-corrected chi connectivity index (χ0v) is 22.7. The highest BCUT2D eigenvalue weighted by Crippen LogP contribution is 2.43. The molecule has 4 atom stereocenters. The highest BCUT2D eigenvalue weighted by Gasteiger charge is 2.48. The molecule has 0 saturated carbocycles. The normalized spacial score (nSPS) is 29.0. The van der Waals surface area contributed by atoms with E-state index in [2.05, 4.69) is 38.2 Å². The summed E-state index contributed by atoms with van der Waals surface area (Å²) >= 11 is 3.48. The molecule has 0 radical (unpaired) electrons. The number of hydrogen-bond donors (Lipinski definition) is 1. The van der Waals surface area contributed by atoms with Crippen LogP contribution in [0.4, 0.5) is 10.7 Å². The number of amides is 1. The number of alkyl carbamates (subject to hydrolysis) is 1. The second kappa shape index (κ2) is 8.76. The summed E-state index contributed by atoms with van der Waals surface area (Å²) in [6.07, 6.45) is 5.81. The zero-order chi connectivity index (χ0) is 25.1. The van der Waals surface area contributed by atoms with Crippen LogP contribution in [0, 0.1) is 0 Å². The van der Waals surface area contributed by atoms with Gasteiger partial charge in [0.25, 0.3) is 5.56 Å². The van der Waals surface area contributed by atoms with Gasteiger partial charge in [0.15, 0.2) is 11.9 Å². The van der Waals surface area contributed by atoms with Crippen LogP contribution in [0.15, 0.2) is 9.40 Å². The molecule has 11 heteroatoms. The SMILES string of the molecule is Cn1c(N2[C@@H]3CC[C@H]2C[C@@](C)(NC(=O)OC(C)(C)C)C3)nc2c(c(Br)nn2C2CCCCO2)c1=O. The van der Waals surface area contributed by atoms with Gasteiger partial charge in [-0.25, -0.2) is 9.48 Å². The van der Waals surface area contributed by atoms with E-state index >= 15 is 0 Å². The van der Waals surface area contributed by atoms with Crippen molar-refractivity contribution in [2.24, 2.45) is 7.05 Å². The van der Waals surface area contributed by atoms with E-state index in [9.17, 15) is 9.59 Å². The summed E-state index contributed by atoms with van der Waals surface area (Å²) in [6.45, 7) is 8.36. The Kier molecular flexibility index (Phi) is 6.14. The Bertz CT molecular complexity index is 1180. The van der Waals surface area contributed by atoms with Crippen LogP contribution in [0.5, 0.6) is 0 Å². The van der Waals surface area contributed by atoms with Crippen LogP contribution in [0.3, 0.4) is 0 Å². The van der Waals surface area contributed by atoms with Gasteiger partial charge in [-0.05, 0) is 88.6 Å². The summed E-state index contributed by atoms with van der Waals surface area (Å²) in [5, 5.41) is 8.19. The fourth-order valence-electron chi connectivity index (χ4n) is 5.93. The third kappa shape index (κ3) is 4.57. The van der Waals surface area contributed by atoms with Crippen LogP contribution in [-0.4, -0.2) is 55.3 Å². The molecule has 2 bridgehead atoms. The molecule has 0 spiro atoms. The predicted molar refractivity (Wildman–Crippen MR) is 136 cm³/mol. The Hall–Kier alpha value is -2.14. The molecule has 1 unspecified atom stereocenters. The largest absolute Gasteiger partial charge is 0.444 e. The van der Waals surface area contributed by atoms with Gasteiger partial charge in [-0.1, -0.05) is 0 Å². The van der Waals surface area contributed by atoms with E-state index in [1.165, 1.54) is 0 Å². The van der Waals surface area contributed by atoms with E-state index in [4.69, 9.17) is 14.5 Å². The summed E-state index contributed by atoms with van der Waals surface area (Å²) in [5.74, 6) is 0.652. The number of ether oxygens (including phenoxy) is 2. The highest BCUT2D eigenvalue weighted by molar-refractivity contribution is 9.10. The van der Waals surface area contributed by atoms with Crippen LogP contribution >= 0.6 is 15.9 Å². The maximum atomic E-state index is 13.4. The molecule has 3 aliphatic heterocycles. The van der Waals surface area contributed by atoms with Gasteiger partial charge in [0.05, 0.1) is 0 Å². The maximum absolute atomic E-state index is 13.4. The monoisotopic (exact) mass is 550 g/mol. The van der Waals surface area contributed by atoms with Gasteiger partial charge in [0.2, 0.25) is 5.95 Å². The number of nitrogens with zero attached hydrogens (tertiary/aromatic N) is 5. The Morgan fingerprint density at radius 2 is 1.89 bits per heavy atom. The van der Waals surface area contributed by atoms with Crippen LogP contribution in [0.25, 0.3) is 11.0 Å². The number of piperidine rings is 1. The van der Waals surface area contributed by atoms with Crippen molar-refractivity contribution < 1.29 is 14.3 Å². The minimum atomic E-state index is -0.545. The molecule has 3 aliphatic rings. The molecular weight excluding hydrogens is 516 g/mol. The van der Waals surface area contributed by atoms with Gasteiger partial charge in [-0.15, -0.1) is 0 Å². The Morgan fingerprint density at radius 1 is 1.20 bits per heavy atom. The average molecular weight is 551 g/mol. The molecule has 0 aliphatic carbocycles. The first-order chi connectivity index (χ1) is 16.5. The van der Waals surface area contributed by atoms with Crippen molar-refractivity contribution in [1.29, 1.82) is 0 Å². The molecule has 1 N–H and O–H groups in total. The van der Waals surface area contributed by atoms with Crippen molar-refractivity contribution in [3.8, 4) is 0 Å². The van der Waals surface area contributed by atoms with Gasteiger partial charge in [-0.2, -0.15) is 10.1 Å². The summed E-state index contributed by atoms with van der Waals surface area (Å²) in [5.41, 5.74) is -0.495. The predicted octanol–water partition coefficient (Wildman–Crippen LogP) is 4.01. The van der Waals surface area contributed by atoms with E-state index in [1.807, 2.05) is 20.8 Å². The van der Waals surface area contributed by atoms with E-state index in [0.29, 0.717) is 28.2 Å². The van der Waals surface area contributed by atoms with Crippen molar-refractivity contribution in [2.45, 2.75) is 102 Å². The molecule has 0 aromatic carbocycles. The number of carbonyl (C=O) groups is 1. The fourth-order valence-corrected chi connectivity index (χ4v) is 6.45. The lowest BCUT2D eigenvalue weighted by molar-refractivity contribution is -0.0371. The molecule has 5 heterocycles. The molecule has 3 fully saturated rings. The zero-order valence-electron chi connectivity index (χ0n) is 21.1. The second-order valence-corrected chi connectivity index (χ2v) is 12.2. The summed E-state index contributed by atoms with van der Waals surface area (Å²) in [7, 11) is 1.77. The standard InChI is InChI=1S/C24H35BrN6O4/c1-23(2,3)35-22(33)27-24(4)12-14-9-10-15(13-24)30(14)21-26-19-17(20(32)29(21)5)18(25)28-31(19)16-8-6-7-11-34-16/h14-16H,6-13H2,1-5H3,(H,27,33)/t14-,15+,16?,24+. The van der Waals surface area contributed by atoms with Crippen molar-refractivity contribution in [3.05, 3.63) is 15.0 Å². The third-order valence-corrected chi connectivity index (χ3v) is 7.88. The van der Waals surface area contributed by atoms with Crippen LogP contribution in [0.2, 0.25) is 0 Å². The second-order valence-electron chi connectivity index (χ2n) is 11.4. The van der Waals surface area contributed by atoms with Crippen LogP contribution < -0.4 is 15.8 Å². The van der Waals surface area contributed by atoms with Gasteiger partial charge >= 0.3 is 6.09 Å². The number of nitrogens with one attached hydrogen (secondary N) is 1. The highest BCUT2D eigenvalue weighted by atomic mass is 79.9. The third-order valence-electron chi connectivity index (χ3n) is 7.32. The van der Waals surface area contributed by atoms with Gasteiger partial charge < -0.3 is 19.7 Å². The van der Waals surface area contributed by atoms with Gasteiger partial charge in [0.1, 0.15) is 15.6 Å². The van der Waals surface area contributed by atoms with Crippen molar-refractivity contribution in [1.82, 2.24) is 24.6 Å². The number of hydrogen-bond acceptors (Lipinski definition) is 7. The topological polar surface area (TPSA) is 104 Å². The van der Waals surface area contributed by atoms with E-state index in [1.54, 1.807) is 16.3 Å². The molecule has 192 valence electrons. The van der Waals surface area contributed by atoms with Crippen molar-refractivity contribution in [2.75, 3.05) is 11.5 Å². The number of anilines is 1. The van der Waals surface area contributed by atoms with Crippen molar-refractivity contribution in [3.63, 3.8) is 0 Å². The summed E-state index contributed by atoms with van der Waals surface area (Å²) in [6, 6.07) is 0.324. The number of halogens is 1.